The summed E-state index contributed by atoms with van der Waals surface area (Å²) in [5, 5.41) is 7.70. The number of aryl methyl sites for hydroxylation is 1. The summed E-state index contributed by atoms with van der Waals surface area (Å²) in [6.45, 7) is 10.1. The first-order chi connectivity index (χ1) is 13.8. The number of fused-ring (bicyclic) bond motifs is 1. The van der Waals surface area contributed by atoms with Crippen molar-refractivity contribution in [1.29, 1.82) is 0 Å². The van der Waals surface area contributed by atoms with E-state index in [-0.39, 0.29) is 12.1 Å². The van der Waals surface area contributed by atoms with Gasteiger partial charge in [0.1, 0.15) is 5.60 Å². The molecule has 1 atom stereocenters. The molecule has 1 saturated heterocycles. The van der Waals surface area contributed by atoms with Gasteiger partial charge in [-0.2, -0.15) is 0 Å². The van der Waals surface area contributed by atoms with Gasteiger partial charge in [0.25, 0.3) is 0 Å². The van der Waals surface area contributed by atoms with E-state index in [0.717, 1.165) is 38.4 Å². The lowest BCUT2D eigenvalue weighted by atomic mass is 10.1. The van der Waals surface area contributed by atoms with Crippen LogP contribution in [0.4, 0.5) is 4.79 Å². The van der Waals surface area contributed by atoms with Gasteiger partial charge < -0.3 is 25.3 Å². The fourth-order valence-electron chi connectivity index (χ4n) is 3.76. The minimum Gasteiger partial charge on any atom is -0.444 e. The number of para-hydroxylation sites is 1. The first-order valence-corrected chi connectivity index (χ1v) is 10.3. The third kappa shape index (κ3) is 5.43. The Morgan fingerprint density at radius 3 is 2.90 bits per heavy atom. The molecule has 1 aromatic heterocycles. The third-order valence-electron chi connectivity index (χ3n) is 5.11. The van der Waals surface area contributed by atoms with Gasteiger partial charge in [0.2, 0.25) is 0 Å². The van der Waals surface area contributed by atoms with Crippen LogP contribution in [0.2, 0.25) is 0 Å². The van der Waals surface area contributed by atoms with Crippen LogP contribution in [0.25, 0.3) is 10.9 Å². The molecule has 1 fully saturated rings. The average Bonchev–Trinajstić information content (AvgIpc) is 3.25. The van der Waals surface area contributed by atoms with Crippen LogP contribution in [-0.4, -0.2) is 60.3 Å². The molecule has 7 heteroatoms. The smallest absolute Gasteiger partial charge is 0.407 e. The van der Waals surface area contributed by atoms with Crippen LogP contribution in [0.5, 0.6) is 0 Å². The summed E-state index contributed by atoms with van der Waals surface area (Å²) in [7, 11) is 1.80. The molecule has 0 spiro atoms. The van der Waals surface area contributed by atoms with Gasteiger partial charge in [-0.25, -0.2) is 4.79 Å². The molecule has 0 saturated carbocycles. The molecule has 158 valence electrons. The quantitative estimate of drug-likeness (QED) is 0.545. The fourth-order valence-corrected chi connectivity index (χ4v) is 3.76. The summed E-state index contributed by atoms with van der Waals surface area (Å²) in [5.74, 6) is 0.870. The van der Waals surface area contributed by atoms with Crippen molar-refractivity contribution in [1.82, 2.24) is 20.5 Å². The lowest BCUT2D eigenvalue weighted by Gasteiger charge is -2.23. The van der Waals surface area contributed by atoms with Crippen molar-refractivity contribution >= 4 is 23.0 Å². The number of aromatic amines is 1. The van der Waals surface area contributed by atoms with E-state index in [1.807, 2.05) is 20.8 Å². The van der Waals surface area contributed by atoms with E-state index in [9.17, 15) is 4.79 Å². The molecule has 0 aliphatic carbocycles. The van der Waals surface area contributed by atoms with Crippen molar-refractivity contribution in [2.75, 3.05) is 26.7 Å². The van der Waals surface area contributed by atoms with Gasteiger partial charge >= 0.3 is 6.09 Å². The van der Waals surface area contributed by atoms with Crippen molar-refractivity contribution in [3.8, 4) is 0 Å². The highest BCUT2D eigenvalue weighted by Crippen LogP contribution is 2.21. The molecule has 1 aliphatic rings. The molecule has 1 aromatic carbocycles. The highest BCUT2D eigenvalue weighted by Gasteiger charge is 2.27. The number of nitrogens with one attached hydrogen (secondary N) is 3. The van der Waals surface area contributed by atoms with Gasteiger partial charge in [-0.15, -0.1) is 0 Å². The SMILES string of the molecule is CN=C(NCCc1c[nH]c2c(C)cccc12)N1CCC(NC(=O)OC(C)(C)C)C1. The largest absolute Gasteiger partial charge is 0.444 e. The summed E-state index contributed by atoms with van der Waals surface area (Å²) in [4.78, 5) is 22.0. The van der Waals surface area contributed by atoms with Crippen LogP contribution in [0, 0.1) is 6.92 Å². The van der Waals surface area contributed by atoms with E-state index in [0.29, 0.717) is 0 Å². The van der Waals surface area contributed by atoms with E-state index in [4.69, 9.17) is 4.74 Å². The van der Waals surface area contributed by atoms with E-state index in [1.165, 1.54) is 22.0 Å². The minimum absolute atomic E-state index is 0.0694. The maximum atomic E-state index is 12.0. The number of aliphatic imine (C=N–C) groups is 1. The molecule has 7 nitrogen and oxygen atoms in total. The first-order valence-electron chi connectivity index (χ1n) is 10.3. The number of ether oxygens (including phenoxy) is 1. The second kappa shape index (κ2) is 8.76. The number of carbonyl (C=O) groups is 1. The Labute approximate surface area is 172 Å². The second-order valence-corrected chi connectivity index (χ2v) is 8.61. The molecular formula is C22H33N5O2. The molecule has 0 bridgehead atoms. The number of rotatable bonds is 4. The molecule has 1 unspecified atom stereocenters. The number of likely N-dealkylation sites (tertiary alicyclic amines) is 1. The lowest BCUT2D eigenvalue weighted by Crippen LogP contribution is -2.44. The molecule has 29 heavy (non-hydrogen) atoms. The summed E-state index contributed by atoms with van der Waals surface area (Å²) in [6, 6.07) is 6.46. The van der Waals surface area contributed by atoms with E-state index in [2.05, 4.69) is 56.8 Å². The Balaban J connectivity index is 1.49. The van der Waals surface area contributed by atoms with Crippen molar-refractivity contribution < 1.29 is 9.53 Å². The van der Waals surface area contributed by atoms with E-state index >= 15 is 0 Å². The molecular weight excluding hydrogens is 366 g/mol. The number of H-pyrrole nitrogens is 1. The lowest BCUT2D eigenvalue weighted by molar-refractivity contribution is 0.0507. The number of hydrogen-bond acceptors (Lipinski definition) is 3. The number of hydrogen-bond donors (Lipinski definition) is 3. The minimum atomic E-state index is -0.485. The maximum absolute atomic E-state index is 12.0. The summed E-state index contributed by atoms with van der Waals surface area (Å²) in [6.07, 6.45) is 3.53. The molecule has 3 rings (SSSR count). The molecule has 0 radical (unpaired) electrons. The summed E-state index contributed by atoms with van der Waals surface area (Å²) >= 11 is 0. The number of benzene rings is 1. The molecule has 2 aromatic rings. The zero-order valence-corrected chi connectivity index (χ0v) is 18.1. The summed E-state index contributed by atoms with van der Waals surface area (Å²) in [5.41, 5.74) is 3.29. The van der Waals surface area contributed by atoms with Crippen LogP contribution >= 0.6 is 0 Å². The van der Waals surface area contributed by atoms with Crippen molar-refractivity contribution in [2.45, 2.75) is 52.2 Å². The van der Waals surface area contributed by atoms with Crippen LogP contribution < -0.4 is 10.6 Å². The van der Waals surface area contributed by atoms with Gasteiger partial charge in [-0.05, 0) is 51.7 Å². The fraction of sp³-hybridized carbons (Fsp3) is 0.545. The molecule has 2 heterocycles. The second-order valence-electron chi connectivity index (χ2n) is 8.61. The predicted octanol–water partition coefficient (Wildman–Crippen LogP) is 3.19. The number of nitrogens with zero attached hydrogens (tertiary/aromatic N) is 2. The Hall–Kier alpha value is -2.70. The number of amides is 1. The topological polar surface area (TPSA) is 81.8 Å². The third-order valence-corrected chi connectivity index (χ3v) is 5.11. The van der Waals surface area contributed by atoms with E-state index in [1.54, 1.807) is 7.05 Å². The van der Waals surface area contributed by atoms with Crippen molar-refractivity contribution in [3.63, 3.8) is 0 Å². The first kappa shape index (κ1) is 21.0. The van der Waals surface area contributed by atoms with Gasteiger partial charge in [-0.3, -0.25) is 4.99 Å². The number of guanidine groups is 1. The zero-order chi connectivity index (χ0) is 21.0. The van der Waals surface area contributed by atoms with Crippen molar-refractivity contribution in [2.24, 2.45) is 4.99 Å². The molecule has 1 aliphatic heterocycles. The normalized spacial score (nSPS) is 17.6. The van der Waals surface area contributed by atoms with Crippen molar-refractivity contribution in [3.05, 3.63) is 35.5 Å². The average molecular weight is 400 g/mol. The van der Waals surface area contributed by atoms with Gasteiger partial charge in [0, 0.05) is 43.8 Å². The van der Waals surface area contributed by atoms with Gasteiger partial charge in [0.05, 0.1) is 6.04 Å². The Morgan fingerprint density at radius 2 is 2.17 bits per heavy atom. The highest BCUT2D eigenvalue weighted by molar-refractivity contribution is 5.86. The number of carbonyl (C=O) groups excluding carboxylic acids is 1. The van der Waals surface area contributed by atoms with Crippen LogP contribution in [0.1, 0.15) is 38.3 Å². The highest BCUT2D eigenvalue weighted by atomic mass is 16.6. The number of alkyl carbamates (subject to hydrolysis) is 1. The van der Waals surface area contributed by atoms with Gasteiger partial charge in [0.15, 0.2) is 5.96 Å². The summed E-state index contributed by atoms with van der Waals surface area (Å²) < 4.78 is 5.35. The molecule has 3 N–H and O–H groups in total. The van der Waals surface area contributed by atoms with Crippen LogP contribution in [0.15, 0.2) is 29.4 Å². The van der Waals surface area contributed by atoms with Crippen LogP contribution in [0.3, 0.4) is 0 Å². The standard InChI is InChI=1S/C22H33N5O2/c1-15-7-6-8-18-16(13-25-19(15)18)9-11-24-20(23-5)27-12-10-17(14-27)26-21(28)29-22(2,3)4/h6-8,13,17,25H,9-12,14H2,1-5H3,(H,23,24)(H,26,28). The Kier molecular flexibility index (Phi) is 6.35. The maximum Gasteiger partial charge on any atom is 0.407 e. The van der Waals surface area contributed by atoms with Crippen LogP contribution in [-0.2, 0) is 11.2 Å². The van der Waals surface area contributed by atoms with E-state index < -0.39 is 5.60 Å². The monoisotopic (exact) mass is 399 g/mol. The van der Waals surface area contributed by atoms with Gasteiger partial charge in [-0.1, -0.05) is 18.2 Å². The Bertz CT molecular complexity index is 881. The number of aromatic nitrogens is 1. The molecule has 1 amide bonds. The zero-order valence-electron chi connectivity index (χ0n) is 18.1. The Morgan fingerprint density at radius 1 is 1.38 bits per heavy atom. The predicted molar refractivity (Wildman–Crippen MR) is 117 cm³/mol.